The van der Waals surface area contributed by atoms with E-state index >= 15 is 0 Å². The summed E-state index contributed by atoms with van der Waals surface area (Å²) in [5.74, 6) is 1.92. The SMILES string of the molecule is CCOc1ccc(C(C)NC(=O)c2cnn(-c3ccccn3)c2C(C)C)cc1OC. The van der Waals surface area contributed by atoms with E-state index in [1.54, 1.807) is 24.2 Å². The van der Waals surface area contributed by atoms with Gasteiger partial charge in [0.25, 0.3) is 5.91 Å². The number of benzene rings is 1. The molecular formula is C23H28N4O3. The van der Waals surface area contributed by atoms with E-state index < -0.39 is 0 Å². The second-order valence-electron chi connectivity index (χ2n) is 7.24. The van der Waals surface area contributed by atoms with Crippen molar-refractivity contribution >= 4 is 5.91 Å². The predicted octanol–water partition coefficient (Wildman–Crippen LogP) is 4.29. The lowest BCUT2D eigenvalue weighted by Crippen LogP contribution is -2.27. The second kappa shape index (κ2) is 9.43. The molecule has 0 aliphatic carbocycles. The van der Waals surface area contributed by atoms with E-state index in [2.05, 4.69) is 15.4 Å². The van der Waals surface area contributed by atoms with E-state index in [0.29, 0.717) is 29.5 Å². The number of rotatable bonds is 8. The van der Waals surface area contributed by atoms with Crippen molar-refractivity contribution in [1.29, 1.82) is 0 Å². The maximum Gasteiger partial charge on any atom is 0.255 e. The van der Waals surface area contributed by atoms with Crippen molar-refractivity contribution in [3.8, 4) is 17.3 Å². The third-order valence-corrected chi connectivity index (χ3v) is 4.80. The van der Waals surface area contributed by atoms with Crippen LogP contribution in [-0.4, -0.2) is 34.4 Å². The molecule has 0 saturated carbocycles. The molecule has 7 nitrogen and oxygen atoms in total. The van der Waals surface area contributed by atoms with Crippen molar-refractivity contribution in [2.75, 3.05) is 13.7 Å². The number of methoxy groups -OCH3 is 1. The van der Waals surface area contributed by atoms with Gasteiger partial charge in [-0.05, 0) is 49.6 Å². The number of aromatic nitrogens is 3. The highest BCUT2D eigenvalue weighted by molar-refractivity contribution is 5.95. The molecule has 1 amide bonds. The summed E-state index contributed by atoms with van der Waals surface area (Å²) < 4.78 is 12.7. The zero-order chi connectivity index (χ0) is 21.7. The van der Waals surface area contributed by atoms with E-state index in [0.717, 1.165) is 11.3 Å². The lowest BCUT2D eigenvalue weighted by Gasteiger charge is -2.18. The smallest absolute Gasteiger partial charge is 0.255 e. The van der Waals surface area contributed by atoms with E-state index in [1.807, 2.05) is 64.1 Å². The molecular weight excluding hydrogens is 380 g/mol. The lowest BCUT2D eigenvalue weighted by molar-refractivity contribution is 0.0938. The minimum atomic E-state index is -0.222. The summed E-state index contributed by atoms with van der Waals surface area (Å²) in [7, 11) is 1.60. The van der Waals surface area contributed by atoms with Crippen LogP contribution < -0.4 is 14.8 Å². The van der Waals surface area contributed by atoms with E-state index in [1.165, 1.54) is 0 Å². The molecule has 158 valence electrons. The number of hydrogen-bond acceptors (Lipinski definition) is 5. The Balaban J connectivity index is 1.85. The molecule has 0 saturated heterocycles. The first kappa shape index (κ1) is 21.4. The van der Waals surface area contributed by atoms with Crippen LogP contribution in [-0.2, 0) is 0 Å². The van der Waals surface area contributed by atoms with Crippen molar-refractivity contribution in [2.24, 2.45) is 0 Å². The lowest BCUT2D eigenvalue weighted by atomic mass is 10.0. The quantitative estimate of drug-likeness (QED) is 0.602. The highest BCUT2D eigenvalue weighted by Gasteiger charge is 2.23. The van der Waals surface area contributed by atoms with Crippen LogP contribution in [0.1, 0.15) is 61.3 Å². The third-order valence-electron chi connectivity index (χ3n) is 4.80. The Bertz CT molecular complexity index is 999. The highest BCUT2D eigenvalue weighted by Crippen LogP contribution is 2.30. The first-order valence-corrected chi connectivity index (χ1v) is 10.1. The summed E-state index contributed by atoms with van der Waals surface area (Å²) in [6.07, 6.45) is 3.31. The van der Waals surface area contributed by atoms with Crippen molar-refractivity contribution in [2.45, 2.75) is 39.7 Å². The largest absolute Gasteiger partial charge is 0.493 e. The molecule has 0 aliphatic rings. The summed E-state index contributed by atoms with van der Waals surface area (Å²) in [6.45, 7) is 8.49. The highest BCUT2D eigenvalue weighted by atomic mass is 16.5. The first-order chi connectivity index (χ1) is 14.5. The Hall–Kier alpha value is -3.35. The maximum absolute atomic E-state index is 13.1. The number of hydrogen-bond donors (Lipinski definition) is 1. The molecule has 2 heterocycles. The fraction of sp³-hybridized carbons (Fsp3) is 0.348. The molecule has 3 aromatic rings. The molecule has 1 atom stereocenters. The Kier molecular flexibility index (Phi) is 6.72. The molecule has 0 bridgehead atoms. The van der Waals surface area contributed by atoms with Crippen molar-refractivity contribution < 1.29 is 14.3 Å². The summed E-state index contributed by atoms with van der Waals surface area (Å²) >= 11 is 0. The Morgan fingerprint density at radius 1 is 1.17 bits per heavy atom. The van der Waals surface area contributed by atoms with Crippen LogP contribution >= 0.6 is 0 Å². The molecule has 2 aromatic heterocycles. The van der Waals surface area contributed by atoms with Gasteiger partial charge in [-0.2, -0.15) is 5.10 Å². The van der Waals surface area contributed by atoms with Gasteiger partial charge < -0.3 is 14.8 Å². The van der Waals surface area contributed by atoms with Crippen molar-refractivity contribution in [1.82, 2.24) is 20.1 Å². The number of carbonyl (C=O) groups excluding carboxylic acids is 1. The molecule has 1 unspecified atom stereocenters. The molecule has 3 rings (SSSR count). The Labute approximate surface area is 177 Å². The number of amides is 1. The van der Waals surface area contributed by atoms with Gasteiger partial charge in [-0.25, -0.2) is 9.67 Å². The number of nitrogens with one attached hydrogen (secondary N) is 1. The summed E-state index contributed by atoms with van der Waals surface area (Å²) in [4.78, 5) is 17.4. The average Bonchev–Trinajstić information content (AvgIpc) is 3.20. The minimum Gasteiger partial charge on any atom is -0.493 e. The predicted molar refractivity (Wildman–Crippen MR) is 115 cm³/mol. The molecule has 0 radical (unpaired) electrons. The van der Waals surface area contributed by atoms with Crippen LogP contribution in [0.2, 0.25) is 0 Å². The van der Waals surface area contributed by atoms with E-state index in [-0.39, 0.29) is 17.9 Å². The number of carbonyl (C=O) groups is 1. The molecule has 0 fully saturated rings. The van der Waals surface area contributed by atoms with Crippen LogP contribution in [0.25, 0.3) is 5.82 Å². The van der Waals surface area contributed by atoms with Gasteiger partial charge in [-0.1, -0.05) is 26.0 Å². The van der Waals surface area contributed by atoms with Crippen LogP contribution in [0.15, 0.2) is 48.8 Å². The molecule has 0 aliphatic heterocycles. The van der Waals surface area contributed by atoms with Gasteiger partial charge in [-0.3, -0.25) is 4.79 Å². The number of nitrogens with zero attached hydrogens (tertiary/aromatic N) is 3. The van der Waals surface area contributed by atoms with Crippen molar-refractivity contribution in [3.05, 3.63) is 65.6 Å². The second-order valence-corrected chi connectivity index (χ2v) is 7.24. The first-order valence-electron chi connectivity index (χ1n) is 10.1. The van der Waals surface area contributed by atoms with Crippen LogP contribution in [0.5, 0.6) is 11.5 Å². The van der Waals surface area contributed by atoms with E-state index in [4.69, 9.17) is 9.47 Å². The molecule has 0 spiro atoms. The fourth-order valence-electron chi connectivity index (χ4n) is 3.34. The zero-order valence-corrected chi connectivity index (χ0v) is 18.0. The standard InChI is InChI=1S/C23H28N4O3/c1-6-30-19-11-10-17(13-20(19)29-5)16(4)26-23(28)18-14-25-27(22(18)15(2)3)21-9-7-8-12-24-21/h7-16H,6H2,1-5H3,(H,26,28). The van der Waals surface area contributed by atoms with Gasteiger partial charge >= 0.3 is 0 Å². The van der Waals surface area contributed by atoms with Gasteiger partial charge in [0.15, 0.2) is 17.3 Å². The summed E-state index contributed by atoms with van der Waals surface area (Å²) in [5.41, 5.74) is 2.29. The summed E-state index contributed by atoms with van der Waals surface area (Å²) in [5, 5.41) is 7.49. The minimum absolute atomic E-state index is 0.0936. The molecule has 1 aromatic carbocycles. The number of ether oxygens (including phenoxy) is 2. The monoisotopic (exact) mass is 408 g/mol. The normalized spacial score (nSPS) is 11.9. The third kappa shape index (κ3) is 4.45. The number of pyridine rings is 1. The fourth-order valence-corrected chi connectivity index (χ4v) is 3.34. The summed E-state index contributed by atoms with van der Waals surface area (Å²) in [6, 6.07) is 11.1. The van der Waals surface area contributed by atoms with Gasteiger partial charge in [0.05, 0.1) is 37.2 Å². The van der Waals surface area contributed by atoms with E-state index in [9.17, 15) is 4.79 Å². The Morgan fingerprint density at radius 3 is 2.60 bits per heavy atom. The van der Waals surface area contributed by atoms with Gasteiger partial charge in [0, 0.05) is 6.20 Å². The topological polar surface area (TPSA) is 78.3 Å². The van der Waals surface area contributed by atoms with Crippen molar-refractivity contribution in [3.63, 3.8) is 0 Å². The molecule has 1 N–H and O–H groups in total. The Morgan fingerprint density at radius 2 is 1.97 bits per heavy atom. The zero-order valence-electron chi connectivity index (χ0n) is 18.0. The van der Waals surface area contributed by atoms with Crippen LogP contribution in [0.3, 0.4) is 0 Å². The van der Waals surface area contributed by atoms with Crippen LogP contribution in [0.4, 0.5) is 0 Å². The molecule has 30 heavy (non-hydrogen) atoms. The van der Waals surface area contributed by atoms with Gasteiger partial charge in [0.1, 0.15) is 0 Å². The van der Waals surface area contributed by atoms with Gasteiger partial charge in [0.2, 0.25) is 0 Å². The molecule has 7 heteroatoms. The van der Waals surface area contributed by atoms with Gasteiger partial charge in [-0.15, -0.1) is 0 Å². The van der Waals surface area contributed by atoms with Crippen LogP contribution in [0, 0.1) is 0 Å². The maximum atomic E-state index is 13.1. The average molecular weight is 409 g/mol.